The van der Waals surface area contributed by atoms with Crippen LogP contribution in [0, 0.1) is 0 Å². The van der Waals surface area contributed by atoms with Crippen molar-refractivity contribution in [2.75, 3.05) is 30.4 Å². The van der Waals surface area contributed by atoms with Crippen molar-refractivity contribution >= 4 is 28.2 Å². The zero-order valence-corrected chi connectivity index (χ0v) is 16.6. The first-order valence-corrected chi connectivity index (χ1v) is 9.48. The van der Waals surface area contributed by atoms with Gasteiger partial charge in [-0.1, -0.05) is 0 Å². The fraction of sp³-hybridized carbons (Fsp3) is 0.350. The normalized spacial score (nSPS) is 19.2. The second-order valence-corrected chi connectivity index (χ2v) is 7.21. The Bertz CT molecular complexity index is 1020. The van der Waals surface area contributed by atoms with Crippen molar-refractivity contribution in [1.29, 1.82) is 0 Å². The van der Waals surface area contributed by atoms with Gasteiger partial charge in [-0.15, -0.1) is 0 Å². The van der Waals surface area contributed by atoms with Gasteiger partial charge in [0.05, 0.1) is 36.3 Å². The average molecular weight is 393 g/mol. The topological polar surface area (TPSA) is 105 Å². The highest BCUT2D eigenvalue weighted by Crippen LogP contribution is 2.30. The lowest BCUT2D eigenvalue weighted by molar-refractivity contribution is 0.102. The Morgan fingerprint density at radius 2 is 1.97 bits per heavy atom. The first-order chi connectivity index (χ1) is 14.0. The van der Waals surface area contributed by atoms with E-state index in [-0.39, 0.29) is 11.9 Å². The molecule has 2 N–H and O–H groups in total. The van der Waals surface area contributed by atoms with Crippen molar-refractivity contribution < 1.29 is 9.53 Å². The molecular formula is C20H23N7O2. The number of nitrogens with one attached hydrogen (secondary N) is 2. The van der Waals surface area contributed by atoms with Crippen molar-refractivity contribution in [2.45, 2.75) is 25.9 Å². The molecule has 0 aliphatic carbocycles. The van der Waals surface area contributed by atoms with Crippen molar-refractivity contribution in [3.63, 3.8) is 0 Å². The summed E-state index contributed by atoms with van der Waals surface area (Å²) in [7, 11) is 1.51. The smallest absolute Gasteiger partial charge is 0.316 e. The lowest BCUT2D eigenvalue weighted by Crippen LogP contribution is -2.54. The zero-order chi connectivity index (χ0) is 20.4. The Balaban J connectivity index is 1.77. The Morgan fingerprint density at radius 3 is 2.66 bits per heavy atom. The van der Waals surface area contributed by atoms with E-state index in [1.807, 2.05) is 6.07 Å². The third kappa shape index (κ3) is 3.95. The molecule has 1 aliphatic rings. The van der Waals surface area contributed by atoms with Gasteiger partial charge in [0.2, 0.25) is 0 Å². The van der Waals surface area contributed by atoms with Gasteiger partial charge < -0.3 is 20.3 Å². The summed E-state index contributed by atoms with van der Waals surface area (Å²) < 4.78 is 5.20. The van der Waals surface area contributed by atoms with Crippen LogP contribution in [-0.2, 0) is 0 Å². The second kappa shape index (κ2) is 7.96. The fourth-order valence-corrected chi connectivity index (χ4v) is 3.73. The molecule has 9 heteroatoms. The monoisotopic (exact) mass is 393 g/mol. The van der Waals surface area contributed by atoms with Crippen molar-refractivity contribution in [3.8, 4) is 6.01 Å². The van der Waals surface area contributed by atoms with Crippen LogP contribution in [-0.4, -0.2) is 58.4 Å². The number of carbonyl (C=O) groups excluding carboxylic acids is 1. The zero-order valence-electron chi connectivity index (χ0n) is 16.6. The molecule has 1 saturated heterocycles. The quantitative estimate of drug-likeness (QED) is 0.692. The third-order valence-corrected chi connectivity index (χ3v) is 4.87. The predicted octanol–water partition coefficient (Wildman–Crippen LogP) is 1.87. The van der Waals surface area contributed by atoms with E-state index >= 15 is 0 Å². The standard InChI is InChI=1S/C20H23N7O2/c1-12-10-27(11-13(2)24-12)17-5-4-15(18-16(17)9-21-20(26-18)29-3)19(28)25-14-6-7-22-23-8-14/h4-9,12-13,24H,10-11H2,1-3H3,(H,22,25,28)/t12-,13+. The van der Waals surface area contributed by atoms with E-state index in [0.717, 1.165) is 24.2 Å². The van der Waals surface area contributed by atoms with E-state index in [4.69, 9.17) is 4.74 Å². The second-order valence-electron chi connectivity index (χ2n) is 7.21. The molecule has 0 bridgehead atoms. The Morgan fingerprint density at radius 1 is 1.17 bits per heavy atom. The number of carbonyl (C=O) groups is 1. The molecule has 3 aromatic rings. The van der Waals surface area contributed by atoms with E-state index in [9.17, 15) is 4.79 Å². The third-order valence-electron chi connectivity index (χ3n) is 4.87. The number of amides is 1. The summed E-state index contributed by atoms with van der Waals surface area (Å²) in [6.45, 7) is 6.04. The highest BCUT2D eigenvalue weighted by atomic mass is 16.5. The van der Waals surface area contributed by atoms with Gasteiger partial charge in [-0.05, 0) is 32.0 Å². The van der Waals surface area contributed by atoms with Crippen LogP contribution in [0.3, 0.4) is 0 Å². The number of aromatic nitrogens is 4. The van der Waals surface area contributed by atoms with Crippen LogP contribution >= 0.6 is 0 Å². The fourth-order valence-electron chi connectivity index (χ4n) is 3.73. The van der Waals surface area contributed by atoms with Crippen molar-refractivity contribution in [1.82, 2.24) is 25.5 Å². The molecule has 4 rings (SSSR count). The molecule has 0 radical (unpaired) electrons. The number of hydrogen-bond acceptors (Lipinski definition) is 8. The molecule has 1 aliphatic heterocycles. The van der Waals surface area contributed by atoms with Crippen LogP contribution in [0.1, 0.15) is 24.2 Å². The Labute approximate surface area is 168 Å². The van der Waals surface area contributed by atoms with Gasteiger partial charge >= 0.3 is 6.01 Å². The van der Waals surface area contributed by atoms with Crippen LogP contribution in [0.25, 0.3) is 10.9 Å². The molecule has 29 heavy (non-hydrogen) atoms. The molecule has 0 unspecified atom stereocenters. The summed E-state index contributed by atoms with van der Waals surface area (Å²) in [5.74, 6) is -0.280. The number of piperazine rings is 1. The summed E-state index contributed by atoms with van der Waals surface area (Å²) in [5.41, 5.74) is 2.56. The van der Waals surface area contributed by atoms with Crippen molar-refractivity contribution in [3.05, 3.63) is 42.4 Å². The van der Waals surface area contributed by atoms with E-state index in [1.54, 1.807) is 18.3 Å². The summed E-state index contributed by atoms with van der Waals surface area (Å²) >= 11 is 0. The number of fused-ring (bicyclic) bond motifs is 1. The van der Waals surface area contributed by atoms with Crippen LogP contribution in [0.4, 0.5) is 11.4 Å². The van der Waals surface area contributed by atoms with Crippen molar-refractivity contribution in [2.24, 2.45) is 0 Å². The molecule has 3 heterocycles. The molecule has 0 spiro atoms. The molecule has 1 amide bonds. The van der Waals surface area contributed by atoms with Gasteiger partial charge in [0, 0.05) is 42.4 Å². The van der Waals surface area contributed by atoms with Crippen LogP contribution < -0.4 is 20.3 Å². The maximum Gasteiger partial charge on any atom is 0.316 e. The number of ether oxygens (including phenoxy) is 1. The molecule has 1 fully saturated rings. The first kappa shape index (κ1) is 19.0. The molecule has 9 nitrogen and oxygen atoms in total. The lowest BCUT2D eigenvalue weighted by Gasteiger charge is -2.38. The highest BCUT2D eigenvalue weighted by Gasteiger charge is 2.24. The number of hydrogen-bond donors (Lipinski definition) is 2. The number of rotatable bonds is 4. The molecule has 2 atom stereocenters. The van der Waals surface area contributed by atoms with Gasteiger partial charge in [-0.25, -0.2) is 4.98 Å². The Hall–Kier alpha value is -3.33. The first-order valence-electron chi connectivity index (χ1n) is 9.48. The highest BCUT2D eigenvalue weighted by molar-refractivity contribution is 6.13. The van der Waals surface area contributed by atoms with Crippen LogP contribution in [0.2, 0.25) is 0 Å². The maximum absolute atomic E-state index is 12.9. The largest absolute Gasteiger partial charge is 0.467 e. The minimum Gasteiger partial charge on any atom is -0.467 e. The number of anilines is 2. The molecular weight excluding hydrogens is 370 g/mol. The number of methoxy groups -OCH3 is 1. The minimum atomic E-state index is -0.280. The van der Waals surface area contributed by atoms with Gasteiger partial charge in [-0.2, -0.15) is 15.2 Å². The molecule has 0 saturated carbocycles. The molecule has 2 aromatic heterocycles. The van der Waals surface area contributed by atoms with E-state index in [0.29, 0.717) is 28.9 Å². The van der Waals surface area contributed by atoms with Crippen LogP contribution in [0.5, 0.6) is 6.01 Å². The summed E-state index contributed by atoms with van der Waals surface area (Å²) in [6, 6.07) is 6.37. The van der Waals surface area contributed by atoms with Gasteiger partial charge in [0.25, 0.3) is 5.91 Å². The molecule has 150 valence electrons. The van der Waals surface area contributed by atoms with Gasteiger partial charge in [0.15, 0.2) is 0 Å². The lowest BCUT2D eigenvalue weighted by atomic mass is 10.0. The average Bonchev–Trinajstić information content (AvgIpc) is 2.72. The van der Waals surface area contributed by atoms with E-state index in [2.05, 4.69) is 49.5 Å². The summed E-state index contributed by atoms with van der Waals surface area (Å²) in [6.07, 6.45) is 4.74. The van der Waals surface area contributed by atoms with Crippen LogP contribution in [0.15, 0.2) is 36.8 Å². The molecule has 1 aromatic carbocycles. The number of benzene rings is 1. The van der Waals surface area contributed by atoms with E-state index < -0.39 is 0 Å². The van der Waals surface area contributed by atoms with Gasteiger partial charge in [0.1, 0.15) is 0 Å². The van der Waals surface area contributed by atoms with E-state index in [1.165, 1.54) is 19.5 Å². The summed E-state index contributed by atoms with van der Waals surface area (Å²) in [4.78, 5) is 24.0. The minimum absolute atomic E-state index is 0.219. The van der Waals surface area contributed by atoms with Gasteiger partial charge in [-0.3, -0.25) is 4.79 Å². The summed E-state index contributed by atoms with van der Waals surface area (Å²) in [5, 5.41) is 14.7. The predicted molar refractivity (Wildman–Crippen MR) is 110 cm³/mol. The SMILES string of the molecule is COc1ncc2c(N3C[C@@H](C)N[C@@H](C)C3)ccc(C(=O)Nc3ccnnc3)c2n1. The number of nitrogens with zero attached hydrogens (tertiary/aromatic N) is 5. The Kier molecular flexibility index (Phi) is 5.22. The maximum atomic E-state index is 12.9.